The zero-order valence-corrected chi connectivity index (χ0v) is 32.5. The molecule has 0 aromatic carbocycles. The second-order valence-electron chi connectivity index (χ2n) is 10.3. The van der Waals surface area contributed by atoms with Crippen molar-refractivity contribution in [1.29, 1.82) is 0 Å². The van der Waals surface area contributed by atoms with E-state index >= 15 is 0 Å². The number of aliphatic carboxylic acids is 1. The molecule has 1 heterocycles. The summed E-state index contributed by atoms with van der Waals surface area (Å²) in [6, 6.07) is -1.41. The Kier molecular flexibility index (Phi) is 28.8. The average Bonchev–Trinajstić information content (AvgIpc) is 3.11. The zero-order valence-electron chi connectivity index (χ0n) is 31.7. The van der Waals surface area contributed by atoms with Crippen molar-refractivity contribution >= 4 is 53.9 Å². The number of rotatable bonds is 18. The highest BCUT2D eigenvalue weighted by molar-refractivity contribution is 8.05. The maximum absolute atomic E-state index is 13.8. The normalized spacial score (nSPS) is 19.3. The number of carboxylic acids is 1. The van der Waals surface area contributed by atoms with E-state index in [2.05, 4.69) is 38.2 Å². The molecule has 2 amide bonds. The van der Waals surface area contributed by atoms with E-state index in [0.29, 0.717) is 10.5 Å². The first-order valence-corrected chi connectivity index (χ1v) is 17.1. The highest BCUT2D eigenvalue weighted by Crippen LogP contribution is 2.45. The Bertz CT molecular complexity index is 1380. The van der Waals surface area contributed by atoms with Gasteiger partial charge in [0.15, 0.2) is 0 Å². The molecule has 0 radical (unpaired) electrons. The van der Waals surface area contributed by atoms with Crippen LogP contribution in [0.4, 0.5) is 13.2 Å². The lowest BCUT2D eigenvalue weighted by Gasteiger charge is -2.47. The van der Waals surface area contributed by atoms with Crippen molar-refractivity contribution in [3.05, 3.63) is 73.8 Å². The van der Waals surface area contributed by atoms with E-state index in [9.17, 15) is 41.9 Å². The summed E-state index contributed by atoms with van der Waals surface area (Å²) in [5.41, 5.74) is 0.365. The minimum Gasteiger partial charge on any atom is -0.481 e. The van der Waals surface area contributed by atoms with Crippen LogP contribution in [0.3, 0.4) is 0 Å². The summed E-state index contributed by atoms with van der Waals surface area (Å²) in [5, 5.41) is 11.2. The van der Waals surface area contributed by atoms with Crippen LogP contribution in [0, 0.1) is 0 Å². The van der Waals surface area contributed by atoms with Crippen molar-refractivity contribution in [2.75, 3.05) is 19.8 Å². The van der Waals surface area contributed by atoms with Crippen LogP contribution in [-0.2, 0) is 57.2 Å². The smallest absolute Gasteiger partial charge is 0.471 e. The summed E-state index contributed by atoms with van der Waals surface area (Å²) in [5.74, 6) is -7.02. The molecular weight excluding hydrogens is 757 g/mol. The SMILES string of the molecule is C=C.C=C/C=C\C(=C)COC(=O)C1(S/C(C=C)=C/C)C[C@@H](OC(C)=O)C(NC(=O)CNC(=O)C(F)(F)F)C(CC(COC=O)OC(C)=O)O1.CC.CC(=O)O. The molecule has 4 unspecified atom stereocenters. The second-order valence-corrected chi connectivity index (χ2v) is 11.6. The van der Waals surface area contributed by atoms with E-state index < -0.39 is 97.1 Å². The molecule has 5 atom stereocenters. The predicted molar refractivity (Wildman–Crippen MR) is 198 cm³/mol. The molecule has 0 aliphatic carbocycles. The first kappa shape index (κ1) is 54.2. The third kappa shape index (κ3) is 23.3. The Hall–Kier alpha value is -5.17. The van der Waals surface area contributed by atoms with Gasteiger partial charge in [-0.05, 0) is 12.5 Å². The van der Waals surface area contributed by atoms with Gasteiger partial charge in [-0.3, -0.25) is 28.8 Å². The van der Waals surface area contributed by atoms with Gasteiger partial charge in [-0.25, -0.2) is 4.79 Å². The first-order chi connectivity index (χ1) is 25.7. The Morgan fingerprint density at radius 2 is 1.65 bits per heavy atom. The number of carbonyl (C=O) groups is 7. The maximum Gasteiger partial charge on any atom is 0.471 e. The molecule has 0 aromatic rings. The molecule has 1 aliphatic rings. The van der Waals surface area contributed by atoms with Gasteiger partial charge >= 0.3 is 30.0 Å². The van der Waals surface area contributed by atoms with E-state index in [-0.39, 0.29) is 13.1 Å². The van der Waals surface area contributed by atoms with Crippen LogP contribution in [0.25, 0.3) is 0 Å². The predicted octanol–water partition coefficient (Wildman–Crippen LogP) is 4.65. The van der Waals surface area contributed by atoms with Gasteiger partial charge in [0.25, 0.3) is 12.4 Å². The number of hydrogen-bond donors (Lipinski definition) is 3. The van der Waals surface area contributed by atoms with Crippen molar-refractivity contribution in [3.8, 4) is 0 Å². The molecular formula is C36H51F3N2O13S. The Balaban J connectivity index is -0.00000311. The minimum atomic E-state index is -5.27. The fourth-order valence-corrected chi connectivity index (χ4v) is 5.31. The van der Waals surface area contributed by atoms with E-state index in [1.807, 2.05) is 13.8 Å². The number of amides is 2. The summed E-state index contributed by atoms with van der Waals surface area (Å²) >= 11 is 0.823. The number of halogens is 3. The van der Waals surface area contributed by atoms with Crippen LogP contribution in [0.5, 0.6) is 0 Å². The number of hydrogen-bond acceptors (Lipinski definition) is 13. The van der Waals surface area contributed by atoms with Crippen LogP contribution >= 0.6 is 11.8 Å². The van der Waals surface area contributed by atoms with Crippen LogP contribution in [0.15, 0.2) is 73.8 Å². The molecule has 15 nitrogen and oxygen atoms in total. The van der Waals surface area contributed by atoms with Gasteiger partial charge in [-0.15, -0.1) is 13.2 Å². The Morgan fingerprint density at radius 1 is 1.07 bits per heavy atom. The highest BCUT2D eigenvalue weighted by Gasteiger charge is 2.56. The number of carboxylic acid groups (broad SMARTS) is 1. The van der Waals surface area contributed by atoms with Gasteiger partial charge in [0, 0.05) is 38.5 Å². The number of esters is 3. The molecule has 3 N–H and O–H groups in total. The standard InChI is InChI=1S/C30H37F3N2O11S.C2H4O2.C2H6.C2H4/c1-7-10-11-18(4)15-43-28(41)29(47-22(8-2)9-3)13-24(45-20(6)38)26(35-25(39)14-34-27(40)30(31,32)33)23(46-29)12-21(16-42-17-36)44-19(5)37;1-2(3)4;2*1-2/h7-11,17,21,23-24,26H,1-2,4,12-16H2,3,5-6H3,(H,34,40)(H,35,39);1H3,(H,3,4);1-2H3;1-2H2/b11-10-,22-9+;;;/t21?,23?,24-,26?,29?;;;/m1.../s1. The van der Waals surface area contributed by atoms with Crippen molar-refractivity contribution in [2.24, 2.45) is 0 Å². The van der Waals surface area contributed by atoms with E-state index in [1.165, 1.54) is 23.5 Å². The number of thioether (sulfide) groups is 1. The monoisotopic (exact) mass is 808 g/mol. The van der Waals surface area contributed by atoms with Crippen molar-refractivity contribution in [1.82, 2.24) is 10.6 Å². The summed E-state index contributed by atoms with van der Waals surface area (Å²) in [6.07, 6.45) is -2.68. The average molecular weight is 809 g/mol. The van der Waals surface area contributed by atoms with Crippen molar-refractivity contribution in [3.63, 3.8) is 0 Å². The van der Waals surface area contributed by atoms with Crippen molar-refractivity contribution in [2.45, 2.75) is 89.8 Å². The van der Waals surface area contributed by atoms with Gasteiger partial charge in [-0.2, -0.15) is 13.2 Å². The summed E-state index contributed by atoms with van der Waals surface area (Å²) in [6.45, 7) is 24.0. The maximum atomic E-state index is 13.8. The molecule has 1 saturated heterocycles. The van der Waals surface area contributed by atoms with Gasteiger partial charge in [0.05, 0.1) is 18.7 Å². The highest BCUT2D eigenvalue weighted by atomic mass is 32.2. The lowest BCUT2D eigenvalue weighted by atomic mass is 9.91. The molecule has 0 bridgehead atoms. The molecule has 1 fully saturated rings. The minimum absolute atomic E-state index is 0.0794. The number of nitrogens with one attached hydrogen (secondary N) is 2. The van der Waals surface area contributed by atoms with E-state index in [1.54, 1.807) is 19.1 Å². The number of ether oxygens (including phenoxy) is 5. The Labute approximate surface area is 323 Å². The third-order valence-electron chi connectivity index (χ3n) is 6.04. The molecule has 0 aromatic heterocycles. The zero-order chi connectivity index (χ0) is 43.4. The summed E-state index contributed by atoms with van der Waals surface area (Å²) in [7, 11) is 0. The number of allylic oxidation sites excluding steroid dienone is 4. The summed E-state index contributed by atoms with van der Waals surface area (Å²) < 4.78 is 65.4. The molecule has 19 heteroatoms. The van der Waals surface area contributed by atoms with Gasteiger partial charge < -0.3 is 39.4 Å². The summed E-state index contributed by atoms with van der Waals surface area (Å²) in [4.78, 5) is 80.3. The van der Waals surface area contributed by atoms with Crippen LogP contribution < -0.4 is 10.6 Å². The third-order valence-corrected chi connectivity index (χ3v) is 7.44. The van der Waals surface area contributed by atoms with E-state index in [0.717, 1.165) is 32.5 Å². The van der Waals surface area contributed by atoms with E-state index in [4.69, 9.17) is 33.6 Å². The number of alkyl halides is 3. The van der Waals surface area contributed by atoms with Gasteiger partial charge in [0.1, 0.15) is 25.4 Å². The molecule has 1 aliphatic heterocycles. The largest absolute Gasteiger partial charge is 0.481 e. The molecule has 55 heavy (non-hydrogen) atoms. The molecule has 310 valence electrons. The lowest BCUT2D eigenvalue weighted by Crippen LogP contribution is -2.64. The fraction of sp³-hybridized carbons (Fsp3) is 0.472. The van der Waals surface area contributed by atoms with Gasteiger partial charge in [0.2, 0.25) is 10.8 Å². The lowest BCUT2D eigenvalue weighted by molar-refractivity contribution is -0.197. The van der Waals surface area contributed by atoms with Gasteiger partial charge in [-0.1, -0.05) is 75.7 Å². The second kappa shape index (κ2) is 29.2. The number of carbonyl (C=O) groups excluding carboxylic acids is 6. The topological polar surface area (TPSA) is 210 Å². The van der Waals surface area contributed by atoms with Crippen LogP contribution in [0.1, 0.15) is 54.4 Å². The fourth-order valence-electron chi connectivity index (χ4n) is 4.16. The van der Waals surface area contributed by atoms with Crippen molar-refractivity contribution < 1.29 is 75.5 Å². The van der Waals surface area contributed by atoms with Crippen LogP contribution in [0.2, 0.25) is 0 Å². The quantitative estimate of drug-likeness (QED) is 0.0567. The molecule has 1 rings (SSSR count). The van der Waals surface area contributed by atoms with Crippen LogP contribution in [-0.4, -0.2) is 102 Å². The first-order valence-electron chi connectivity index (χ1n) is 16.3. The Morgan fingerprint density at radius 3 is 2.11 bits per heavy atom. The molecule has 0 spiro atoms. The molecule has 0 saturated carbocycles.